The van der Waals surface area contributed by atoms with Crippen LogP contribution in [-0.2, 0) is 6.54 Å². The first-order valence-electron chi connectivity index (χ1n) is 6.34. The van der Waals surface area contributed by atoms with Crippen LogP contribution in [0, 0.1) is 13.8 Å². The normalized spacial score (nSPS) is 10.7. The maximum absolute atomic E-state index is 11.9. The first-order valence-corrected chi connectivity index (χ1v) is 6.72. The van der Waals surface area contributed by atoms with Crippen LogP contribution in [-0.4, -0.2) is 15.6 Å². The van der Waals surface area contributed by atoms with E-state index in [1.165, 1.54) is 0 Å². The molecule has 0 atom stereocenters. The third-order valence-corrected chi connectivity index (χ3v) is 3.48. The molecule has 0 saturated heterocycles. The van der Waals surface area contributed by atoms with Gasteiger partial charge in [0.1, 0.15) is 0 Å². The van der Waals surface area contributed by atoms with Crippen molar-refractivity contribution < 1.29 is 4.79 Å². The highest BCUT2D eigenvalue weighted by atomic mass is 35.5. The van der Waals surface area contributed by atoms with Crippen molar-refractivity contribution in [2.24, 2.45) is 0 Å². The first kappa shape index (κ1) is 13.8. The summed E-state index contributed by atoms with van der Waals surface area (Å²) in [6.45, 7) is 6.35. The number of Topliss-reactive ketones (excluding diaryl/α,β-unsaturated/α-hetero) is 1. The highest BCUT2D eigenvalue weighted by Gasteiger charge is 2.16. The fraction of sp³-hybridized carbons (Fsp3) is 0.333. The van der Waals surface area contributed by atoms with E-state index < -0.39 is 0 Å². The Kier molecular flexibility index (Phi) is 4.05. The van der Waals surface area contributed by atoms with E-state index in [0.717, 1.165) is 27.5 Å². The van der Waals surface area contributed by atoms with Gasteiger partial charge in [-0.2, -0.15) is 5.10 Å². The van der Waals surface area contributed by atoms with Crippen molar-refractivity contribution in [1.82, 2.24) is 9.78 Å². The molecule has 0 aliphatic carbocycles. The van der Waals surface area contributed by atoms with Gasteiger partial charge < -0.3 is 0 Å². The van der Waals surface area contributed by atoms with Gasteiger partial charge in [0, 0.05) is 17.1 Å². The standard InChI is InChI=1S/C15H17ClN2O/c1-4-14(19)15-10(2)17-18(11(15)3)9-12-5-7-13(16)8-6-12/h5-8H,4,9H2,1-3H3. The Morgan fingerprint density at radius 1 is 1.26 bits per heavy atom. The summed E-state index contributed by atoms with van der Waals surface area (Å²) >= 11 is 5.87. The molecule has 0 aliphatic heterocycles. The lowest BCUT2D eigenvalue weighted by molar-refractivity contribution is 0.0987. The lowest BCUT2D eigenvalue weighted by Gasteiger charge is -2.05. The van der Waals surface area contributed by atoms with Crippen LogP contribution in [0.25, 0.3) is 0 Å². The van der Waals surface area contributed by atoms with E-state index in [2.05, 4.69) is 5.10 Å². The molecule has 0 fully saturated rings. The maximum Gasteiger partial charge on any atom is 0.166 e. The fourth-order valence-corrected chi connectivity index (χ4v) is 2.32. The molecule has 2 aromatic rings. The Hall–Kier alpha value is -1.61. The van der Waals surface area contributed by atoms with Crippen LogP contribution in [0.2, 0.25) is 5.02 Å². The number of hydrogen-bond acceptors (Lipinski definition) is 2. The smallest absolute Gasteiger partial charge is 0.166 e. The van der Waals surface area contributed by atoms with E-state index in [-0.39, 0.29) is 5.78 Å². The van der Waals surface area contributed by atoms with Crippen LogP contribution in [0.1, 0.15) is 40.7 Å². The molecule has 0 radical (unpaired) electrons. The van der Waals surface area contributed by atoms with Crippen LogP contribution < -0.4 is 0 Å². The predicted octanol–water partition coefficient (Wildman–Crippen LogP) is 3.79. The van der Waals surface area contributed by atoms with Crippen molar-refractivity contribution in [2.75, 3.05) is 0 Å². The van der Waals surface area contributed by atoms with Crippen LogP contribution in [0.5, 0.6) is 0 Å². The molecule has 4 heteroatoms. The molecule has 1 aromatic carbocycles. The number of carbonyl (C=O) groups is 1. The summed E-state index contributed by atoms with van der Waals surface area (Å²) in [6.07, 6.45) is 0.508. The molecule has 0 aliphatic rings. The van der Waals surface area contributed by atoms with E-state index in [1.807, 2.05) is 49.7 Å². The lowest BCUT2D eigenvalue weighted by atomic mass is 10.1. The first-order chi connectivity index (χ1) is 9.02. The summed E-state index contributed by atoms with van der Waals surface area (Å²) in [7, 11) is 0. The minimum atomic E-state index is 0.150. The zero-order chi connectivity index (χ0) is 14.0. The molecule has 2 rings (SSSR count). The maximum atomic E-state index is 11.9. The van der Waals surface area contributed by atoms with Gasteiger partial charge in [0.2, 0.25) is 0 Å². The number of halogens is 1. The van der Waals surface area contributed by atoms with E-state index in [9.17, 15) is 4.79 Å². The van der Waals surface area contributed by atoms with Gasteiger partial charge in [0.05, 0.1) is 17.8 Å². The second kappa shape index (κ2) is 5.57. The Bertz CT molecular complexity index is 599. The van der Waals surface area contributed by atoms with Gasteiger partial charge in [-0.1, -0.05) is 30.7 Å². The zero-order valence-electron chi connectivity index (χ0n) is 11.4. The summed E-state index contributed by atoms with van der Waals surface area (Å²) in [5, 5.41) is 5.18. The highest BCUT2D eigenvalue weighted by molar-refractivity contribution is 6.30. The van der Waals surface area contributed by atoms with Crippen LogP contribution in [0.3, 0.4) is 0 Å². The van der Waals surface area contributed by atoms with Gasteiger partial charge >= 0.3 is 0 Å². The van der Waals surface area contributed by atoms with Gasteiger partial charge in [-0.25, -0.2) is 0 Å². The number of benzene rings is 1. The molecule has 3 nitrogen and oxygen atoms in total. The number of carbonyl (C=O) groups excluding carboxylic acids is 1. The molecule has 0 spiro atoms. The molecule has 0 saturated carbocycles. The molecular formula is C15H17ClN2O. The minimum Gasteiger partial charge on any atom is -0.294 e. The Morgan fingerprint density at radius 2 is 1.89 bits per heavy atom. The van der Waals surface area contributed by atoms with Crippen LogP contribution >= 0.6 is 11.6 Å². The molecule has 0 N–H and O–H groups in total. The van der Waals surface area contributed by atoms with Crippen molar-refractivity contribution >= 4 is 17.4 Å². The lowest BCUT2D eigenvalue weighted by Crippen LogP contribution is -2.05. The molecule has 1 aromatic heterocycles. The van der Waals surface area contributed by atoms with Crippen LogP contribution in [0.4, 0.5) is 0 Å². The third-order valence-electron chi connectivity index (χ3n) is 3.23. The van der Waals surface area contributed by atoms with Gasteiger partial charge in [-0.3, -0.25) is 9.48 Å². The summed E-state index contributed by atoms with van der Waals surface area (Å²) in [4.78, 5) is 11.9. The predicted molar refractivity (Wildman–Crippen MR) is 76.9 cm³/mol. The number of aryl methyl sites for hydroxylation is 1. The molecule has 0 amide bonds. The van der Waals surface area contributed by atoms with Crippen molar-refractivity contribution in [1.29, 1.82) is 0 Å². The van der Waals surface area contributed by atoms with Crippen molar-refractivity contribution in [3.63, 3.8) is 0 Å². The van der Waals surface area contributed by atoms with E-state index >= 15 is 0 Å². The van der Waals surface area contributed by atoms with E-state index in [0.29, 0.717) is 13.0 Å². The SMILES string of the molecule is CCC(=O)c1c(C)nn(Cc2ccc(Cl)cc2)c1C. The van der Waals surface area contributed by atoms with Gasteiger partial charge in [0.15, 0.2) is 5.78 Å². The molecule has 1 heterocycles. The number of nitrogens with zero attached hydrogens (tertiary/aromatic N) is 2. The summed E-state index contributed by atoms with van der Waals surface area (Å²) in [5.74, 6) is 0.150. The summed E-state index contributed by atoms with van der Waals surface area (Å²) < 4.78 is 1.88. The Labute approximate surface area is 118 Å². The van der Waals surface area contributed by atoms with Crippen LogP contribution in [0.15, 0.2) is 24.3 Å². The average Bonchev–Trinajstić information content (AvgIpc) is 2.66. The number of aromatic nitrogens is 2. The van der Waals surface area contributed by atoms with Crippen molar-refractivity contribution in [3.05, 3.63) is 51.8 Å². The molecule has 0 bridgehead atoms. The zero-order valence-corrected chi connectivity index (χ0v) is 12.2. The molecule has 100 valence electrons. The van der Waals surface area contributed by atoms with Gasteiger partial charge in [-0.05, 0) is 31.5 Å². The topological polar surface area (TPSA) is 34.9 Å². The average molecular weight is 277 g/mol. The summed E-state index contributed by atoms with van der Waals surface area (Å²) in [5.41, 5.74) is 3.61. The molecular weight excluding hydrogens is 260 g/mol. The van der Waals surface area contributed by atoms with Gasteiger partial charge in [-0.15, -0.1) is 0 Å². The van der Waals surface area contributed by atoms with Gasteiger partial charge in [0.25, 0.3) is 0 Å². The van der Waals surface area contributed by atoms with E-state index in [1.54, 1.807) is 0 Å². The minimum absolute atomic E-state index is 0.150. The van der Waals surface area contributed by atoms with E-state index in [4.69, 9.17) is 11.6 Å². The molecule has 0 unspecified atom stereocenters. The summed E-state index contributed by atoms with van der Waals surface area (Å²) in [6, 6.07) is 7.67. The Morgan fingerprint density at radius 3 is 2.47 bits per heavy atom. The second-order valence-electron chi connectivity index (χ2n) is 4.61. The van der Waals surface area contributed by atoms with Crippen molar-refractivity contribution in [3.8, 4) is 0 Å². The molecule has 19 heavy (non-hydrogen) atoms. The number of rotatable bonds is 4. The second-order valence-corrected chi connectivity index (χ2v) is 5.04. The Balaban J connectivity index is 2.31. The third kappa shape index (κ3) is 2.87. The number of hydrogen-bond donors (Lipinski definition) is 0. The largest absolute Gasteiger partial charge is 0.294 e. The highest BCUT2D eigenvalue weighted by Crippen LogP contribution is 2.17. The monoisotopic (exact) mass is 276 g/mol. The van der Waals surface area contributed by atoms with Crippen molar-refractivity contribution in [2.45, 2.75) is 33.7 Å². The quantitative estimate of drug-likeness (QED) is 0.796. The fourth-order valence-electron chi connectivity index (χ4n) is 2.19. The number of ketones is 1.